The van der Waals surface area contributed by atoms with Crippen LogP contribution in [-0.2, 0) is 6.42 Å². The van der Waals surface area contributed by atoms with Gasteiger partial charge in [-0.05, 0) is 61.6 Å². The van der Waals surface area contributed by atoms with E-state index < -0.39 is 0 Å². The minimum atomic E-state index is -0.239. The van der Waals surface area contributed by atoms with Crippen molar-refractivity contribution in [3.05, 3.63) is 69.8 Å². The van der Waals surface area contributed by atoms with Gasteiger partial charge in [-0.3, -0.25) is 9.59 Å². The monoisotopic (exact) mass is 544 g/mol. The number of nitrogens with one attached hydrogen (secondary N) is 1. The maximum Gasteiger partial charge on any atom is 0.320 e. The molecule has 0 unspecified atom stereocenters. The number of Topliss-reactive ketones (excluding diaryl/α,β-unsaturated/α-hetero) is 1. The molecule has 3 aromatic rings. The number of urea groups is 1. The van der Waals surface area contributed by atoms with Crippen molar-refractivity contribution in [2.24, 2.45) is 0 Å². The van der Waals surface area contributed by atoms with Crippen LogP contribution in [0.15, 0.2) is 48.0 Å². The number of amides is 3. The van der Waals surface area contributed by atoms with Crippen LogP contribution in [0.5, 0.6) is 0 Å². The molecule has 2 saturated heterocycles. The first-order valence-corrected chi connectivity index (χ1v) is 14.6. The SMILES string of the molecule is O=C(Nc1ccc2c(c1)CCCC2=O)c1csc(C2CCN(C(=O)N3CCN(c4ccccn4)CC3)CC2)n1. The van der Waals surface area contributed by atoms with Crippen molar-refractivity contribution in [3.63, 3.8) is 0 Å². The molecule has 0 radical (unpaired) electrons. The predicted molar refractivity (Wildman–Crippen MR) is 151 cm³/mol. The number of aromatic nitrogens is 2. The number of piperazine rings is 1. The van der Waals surface area contributed by atoms with Gasteiger partial charge in [-0.25, -0.2) is 14.8 Å². The topological polar surface area (TPSA) is 98.7 Å². The largest absolute Gasteiger partial charge is 0.353 e. The van der Waals surface area contributed by atoms with Crippen LogP contribution in [0.25, 0.3) is 0 Å². The van der Waals surface area contributed by atoms with E-state index in [0.29, 0.717) is 44.0 Å². The number of rotatable bonds is 4. The molecule has 9 nitrogen and oxygen atoms in total. The smallest absolute Gasteiger partial charge is 0.320 e. The van der Waals surface area contributed by atoms with Gasteiger partial charge < -0.3 is 20.0 Å². The third-order valence-corrected chi connectivity index (χ3v) is 8.91. The summed E-state index contributed by atoms with van der Waals surface area (Å²) in [6.07, 6.45) is 5.78. The van der Waals surface area contributed by atoms with Gasteiger partial charge in [0.05, 0.1) is 5.01 Å². The molecule has 2 aromatic heterocycles. The van der Waals surface area contributed by atoms with Crippen LogP contribution < -0.4 is 10.2 Å². The first kappa shape index (κ1) is 25.5. The number of nitrogens with zero attached hydrogens (tertiary/aromatic N) is 5. The first-order chi connectivity index (χ1) is 19.0. The van der Waals surface area contributed by atoms with E-state index in [-0.39, 0.29) is 23.6 Å². The minimum absolute atomic E-state index is 0.111. The highest BCUT2D eigenvalue weighted by Gasteiger charge is 2.30. The number of pyridine rings is 1. The normalized spacial score (nSPS) is 18.2. The van der Waals surface area contributed by atoms with Gasteiger partial charge in [0.15, 0.2) is 5.78 Å². The number of anilines is 2. The molecular formula is C29H32N6O3S. The van der Waals surface area contributed by atoms with Gasteiger partial charge in [0.1, 0.15) is 11.5 Å². The summed E-state index contributed by atoms with van der Waals surface area (Å²) in [5.74, 6) is 1.14. The number of piperidine rings is 1. The molecule has 0 spiro atoms. The molecule has 0 saturated carbocycles. The van der Waals surface area contributed by atoms with Crippen LogP contribution in [0, 0.1) is 0 Å². The van der Waals surface area contributed by atoms with Crippen molar-refractivity contribution in [2.75, 3.05) is 49.5 Å². The lowest BCUT2D eigenvalue weighted by atomic mass is 9.90. The third-order valence-electron chi connectivity index (χ3n) is 7.91. The maximum absolute atomic E-state index is 13.1. The number of aryl methyl sites for hydroxylation is 1. The Bertz CT molecular complexity index is 1360. The number of carbonyl (C=O) groups is 3. The highest BCUT2D eigenvalue weighted by molar-refractivity contribution is 7.10. The fourth-order valence-electron chi connectivity index (χ4n) is 5.68. The van der Waals surface area contributed by atoms with Gasteiger partial charge in [-0.15, -0.1) is 11.3 Å². The van der Waals surface area contributed by atoms with Gasteiger partial charge in [-0.2, -0.15) is 0 Å². The third kappa shape index (κ3) is 5.52. The molecule has 3 aliphatic rings. The van der Waals surface area contributed by atoms with E-state index in [1.54, 1.807) is 12.3 Å². The fourth-order valence-corrected chi connectivity index (χ4v) is 6.66. The predicted octanol–water partition coefficient (Wildman–Crippen LogP) is 4.43. The van der Waals surface area contributed by atoms with Crippen LogP contribution in [0.1, 0.15) is 63.0 Å². The first-order valence-electron chi connectivity index (χ1n) is 13.7. The summed E-state index contributed by atoms with van der Waals surface area (Å²) < 4.78 is 0. The van der Waals surface area contributed by atoms with Gasteiger partial charge in [0, 0.05) is 74.4 Å². The summed E-state index contributed by atoms with van der Waals surface area (Å²) in [6, 6.07) is 11.5. The molecule has 6 rings (SSSR count). The summed E-state index contributed by atoms with van der Waals surface area (Å²) in [5, 5.41) is 5.70. The highest BCUT2D eigenvalue weighted by Crippen LogP contribution is 2.31. The van der Waals surface area contributed by atoms with Crippen molar-refractivity contribution in [1.29, 1.82) is 0 Å². The molecule has 1 aliphatic carbocycles. The zero-order chi connectivity index (χ0) is 26.8. The lowest BCUT2D eigenvalue weighted by molar-refractivity contribution is 0.0971. The molecule has 4 heterocycles. The van der Waals surface area contributed by atoms with Crippen molar-refractivity contribution in [3.8, 4) is 0 Å². The molecule has 0 atom stereocenters. The average Bonchev–Trinajstić information content (AvgIpc) is 3.48. The zero-order valence-corrected chi connectivity index (χ0v) is 22.7. The zero-order valence-electron chi connectivity index (χ0n) is 21.8. The van der Waals surface area contributed by atoms with Crippen LogP contribution >= 0.6 is 11.3 Å². The van der Waals surface area contributed by atoms with Crippen molar-refractivity contribution in [1.82, 2.24) is 19.8 Å². The van der Waals surface area contributed by atoms with Crippen molar-refractivity contribution < 1.29 is 14.4 Å². The molecule has 2 aliphatic heterocycles. The second-order valence-corrected chi connectivity index (χ2v) is 11.3. The highest BCUT2D eigenvalue weighted by atomic mass is 32.1. The second-order valence-electron chi connectivity index (χ2n) is 10.4. The Labute approximate surface area is 231 Å². The van der Waals surface area contributed by atoms with Crippen molar-refractivity contribution in [2.45, 2.75) is 38.0 Å². The summed E-state index contributed by atoms with van der Waals surface area (Å²) >= 11 is 1.51. The average molecular weight is 545 g/mol. The number of thiazole rings is 1. The number of fused-ring (bicyclic) bond motifs is 1. The van der Waals surface area contributed by atoms with Gasteiger partial charge in [-0.1, -0.05) is 6.07 Å². The number of hydrogen-bond acceptors (Lipinski definition) is 7. The minimum Gasteiger partial charge on any atom is -0.353 e. The van der Waals surface area contributed by atoms with Crippen LogP contribution in [-0.4, -0.2) is 76.8 Å². The summed E-state index contributed by atoms with van der Waals surface area (Å²) in [6.45, 7) is 4.35. The molecule has 202 valence electrons. The van der Waals surface area contributed by atoms with Crippen LogP contribution in [0.2, 0.25) is 0 Å². The van der Waals surface area contributed by atoms with E-state index in [1.807, 2.05) is 45.5 Å². The number of carbonyl (C=O) groups excluding carboxylic acids is 3. The van der Waals surface area contributed by atoms with E-state index in [2.05, 4.69) is 20.2 Å². The molecular weight excluding hydrogens is 512 g/mol. The maximum atomic E-state index is 13.1. The standard InChI is InChI=1S/C29H32N6O3S/c36-25-5-3-4-21-18-22(7-8-23(21)25)31-27(37)24-19-39-28(32-24)20-9-12-34(13-10-20)29(38)35-16-14-33(15-17-35)26-6-1-2-11-30-26/h1-2,6-8,11,18-20H,3-5,9-10,12-17H2,(H,31,37). The quantitative estimate of drug-likeness (QED) is 0.522. The summed E-state index contributed by atoms with van der Waals surface area (Å²) in [7, 11) is 0. The second kappa shape index (κ2) is 11.1. The molecule has 2 fully saturated rings. The van der Waals surface area contributed by atoms with E-state index in [0.717, 1.165) is 60.7 Å². The number of benzene rings is 1. The molecule has 10 heteroatoms. The molecule has 1 aromatic carbocycles. The van der Waals surface area contributed by atoms with E-state index in [1.165, 1.54) is 11.3 Å². The Hall–Kier alpha value is -3.79. The summed E-state index contributed by atoms with van der Waals surface area (Å²) in [5.41, 5.74) is 2.87. The number of likely N-dealkylation sites (tertiary alicyclic amines) is 1. The Morgan fingerprint density at radius 1 is 0.949 bits per heavy atom. The molecule has 0 bridgehead atoms. The molecule has 3 amide bonds. The Morgan fingerprint density at radius 3 is 2.51 bits per heavy atom. The summed E-state index contributed by atoms with van der Waals surface area (Å²) in [4.78, 5) is 53.3. The molecule has 1 N–H and O–H groups in total. The van der Waals surface area contributed by atoms with E-state index >= 15 is 0 Å². The number of hydrogen-bond donors (Lipinski definition) is 1. The van der Waals surface area contributed by atoms with Gasteiger partial charge in [0.25, 0.3) is 5.91 Å². The van der Waals surface area contributed by atoms with E-state index in [4.69, 9.17) is 0 Å². The van der Waals surface area contributed by atoms with Gasteiger partial charge >= 0.3 is 6.03 Å². The van der Waals surface area contributed by atoms with Crippen LogP contribution in [0.3, 0.4) is 0 Å². The Balaban J connectivity index is 0.998. The fraction of sp³-hybridized carbons (Fsp3) is 0.414. The van der Waals surface area contributed by atoms with Crippen molar-refractivity contribution >= 4 is 40.6 Å². The van der Waals surface area contributed by atoms with Crippen LogP contribution in [0.4, 0.5) is 16.3 Å². The number of ketones is 1. The molecule has 39 heavy (non-hydrogen) atoms. The Kier molecular flexibility index (Phi) is 7.28. The Morgan fingerprint density at radius 2 is 1.74 bits per heavy atom. The lowest BCUT2D eigenvalue weighted by Crippen LogP contribution is -2.54. The van der Waals surface area contributed by atoms with Gasteiger partial charge in [0.2, 0.25) is 0 Å². The lowest BCUT2D eigenvalue weighted by Gasteiger charge is -2.39. The van der Waals surface area contributed by atoms with E-state index in [9.17, 15) is 14.4 Å².